The smallest absolute Gasteiger partial charge is 0.0419 e. The summed E-state index contributed by atoms with van der Waals surface area (Å²) in [5.41, 5.74) is 4.92. The van der Waals surface area contributed by atoms with Crippen LogP contribution in [0.4, 0.5) is 11.4 Å². The van der Waals surface area contributed by atoms with Gasteiger partial charge in [0.1, 0.15) is 0 Å². The lowest BCUT2D eigenvalue weighted by molar-refractivity contribution is 0.814. The normalized spacial score (nSPS) is 10.5. The molecular formula is C16H19BrN2. The van der Waals surface area contributed by atoms with Crippen LogP contribution in [0.15, 0.2) is 46.9 Å². The van der Waals surface area contributed by atoms with Gasteiger partial charge in [-0.15, -0.1) is 0 Å². The highest BCUT2D eigenvalue weighted by Gasteiger charge is 2.06. The van der Waals surface area contributed by atoms with Crippen LogP contribution in [-0.2, 0) is 6.54 Å². The predicted octanol–water partition coefficient (Wildman–Crippen LogP) is 4.24. The van der Waals surface area contributed by atoms with Crippen LogP contribution in [0.25, 0.3) is 0 Å². The highest BCUT2D eigenvalue weighted by atomic mass is 79.9. The van der Waals surface area contributed by atoms with Crippen LogP contribution in [0.2, 0.25) is 0 Å². The molecule has 0 radical (unpaired) electrons. The lowest BCUT2D eigenvalue weighted by Crippen LogP contribution is -2.10. The molecule has 0 unspecified atom stereocenters. The lowest BCUT2D eigenvalue weighted by atomic mass is 10.1. The van der Waals surface area contributed by atoms with E-state index in [1.165, 1.54) is 22.5 Å². The van der Waals surface area contributed by atoms with Gasteiger partial charge >= 0.3 is 0 Å². The molecule has 0 spiro atoms. The Labute approximate surface area is 123 Å². The van der Waals surface area contributed by atoms with Gasteiger partial charge in [0, 0.05) is 29.4 Å². The number of halogens is 1. The molecule has 0 atom stereocenters. The summed E-state index contributed by atoms with van der Waals surface area (Å²) in [4.78, 5) is 2.20. The Morgan fingerprint density at radius 2 is 1.84 bits per heavy atom. The lowest BCUT2D eigenvalue weighted by Gasteiger charge is -2.21. The average Bonchev–Trinajstić information content (AvgIpc) is 2.40. The molecule has 0 bridgehead atoms. The van der Waals surface area contributed by atoms with E-state index in [1.807, 2.05) is 7.05 Å². The second-order valence-electron chi connectivity index (χ2n) is 4.70. The van der Waals surface area contributed by atoms with Crippen molar-refractivity contribution < 1.29 is 0 Å². The third-order valence-electron chi connectivity index (χ3n) is 3.18. The van der Waals surface area contributed by atoms with Gasteiger partial charge in [-0.3, -0.25) is 0 Å². The molecule has 2 aromatic rings. The highest BCUT2D eigenvalue weighted by molar-refractivity contribution is 9.10. The van der Waals surface area contributed by atoms with Crippen molar-refractivity contribution >= 4 is 27.3 Å². The summed E-state index contributed by atoms with van der Waals surface area (Å²) in [6.45, 7) is 2.98. The molecule has 2 rings (SSSR count). The van der Waals surface area contributed by atoms with Crippen molar-refractivity contribution in [3.63, 3.8) is 0 Å². The minimum atomic E-state index is 0.870. The van der Waals surface area contributed by atoms with E-state index in [-0.39, 0.29) is 0 Å². The average molecular weight is 319 g/mol. The quantitative estimate of drug-likeness (QED) is 0.906. The van der Waals surface area contributed by atoms with Gasteiger partial charge in [0.2, 0.25) is 0 Å². The summed E-state index contributed by atoms with van der Waals surface area (Å²) in [5, 5.41) is 3.17. The van der Waals surface area contributed by atoms with E-state index < -0.39 is 0 Å². The summed E-state index contributed by atoms with van der Waals surface area (Å²) in [6, 6.07) is 15.0. The van der Waals surface area contributed by atoms with Gasteiger partial charge in [0.05, 0.1) is 0 Å². The number of anilines is 2. The molecule has 3 heteroatoms. The van der Waals surface area contributed by atoms with Crippen LogP contribution in [0.5, 0.6) is 0 Å². The number of benzene rings is 2. The standard InChI is InChI=1S/C16H19BrN2/c1-12-5-4-6-14(9-12)19(3)15-8-7-13(11-18-2)16(17)10-15/h4-10,18H,11H2,1-3H3. The van der Waals surface area contributed by atoms with E-state index in [1.54, 1.807) is 0 Å². The fourth-order valence-electron chi connectivity index (χ4n) is 2.06. The number of nitrogens with zero attached hydrogens (tertiary/aromatic N) is 1. The van der Waals surface area contributed by atoms with Crippen molar-refractivity contribution in [2.24, 2.45) is 0 Å². The molecule has 1 N–H and O–H groups in total. The summed E-state index contributed by atoms with van der Waals surface area (Å²) < 4.78 is 1.14. The fraction of sp³-hybridized carbons (Fsp3) is 0.250. The Morgan fingerprint density at radius 3 is 2.47 bits per heavy atom. The van der Waals surface area contributed by atoms with Gasteiger partial charge in [0.15, 0.2) is 0 Å². The maximum absolute atomic E-state index is 3.64. The molecule has 0 heterocycles. The fourth-order valence-corrected chi connectivity index (χ4v) is 2.57. The van der Waals surface area contributed by atoms with Crippen molar-refractivity contribution in [2.45, 2.75) is 13.5 Å². The summed E-state index contributed by atoms with van der Waals surface area (Å²) >= 11 is 3.64. The molecule has 0 aromatic heterocycles. The van der Waals surface area contributed by atoms with Crippen LogP contribution >= 0.6 is 15.9 Å². The SMILES string of the molecule is CNCc1ccc(N(C)c2cccc(C)c2)cc1Br. The van der Waals surface area contributed by atoms with Gasteiger partial charge < -0.3 is 10.2 Å². The van der Waals surface area contributed by atoms with Crippen molar-refractivity contribution in [3.8, 4) is 0 Å². The van der Waals surface area contributed by atoms with Crippen LogP contribution < -0.4 is 10.2 Å². The van der Waals surface area contributed by atoms with Crippen molar-refractivity contribution in [3.05, 3.63) is 58.1 Å². The molecule has 0 aliphatic carbocycles. The first-order valence-electron chi connectivity index (χ1n) is 6.35. The van der Waals surface area contributed by atoms with E-state index in [0.717, 1.165) is 11.0 Å². The van der Waals surface area contributed by atoms with Gasteiger partial charge in [0.25, 0.3) is 0 Å². The summed E-state index contributed by atoms with van der Waals surface area (Å²) in [7, 11) is 4.05. The topological polar surface area (TPSA) is 15.3 Å². The van der Waals surface area contributed by atoms with E-state index in [9.17, 15) is 0 Å². The van der Waals surface area contributed by atoms with Crippen molar-refractivity contribution in [1.29, 1.82) is 0 Å². The minimum Gasteiger partial charge on any atom is -0.345 e. The Morgan fingerprint density at radius 1 is 1.11 bits per heavy atom. The van der Waals surface area contributed by atoms with Gasteiger partial charge in [-0.2, -0.15) is 0 Å². The number of aryl methyl sites for hydroxylation is 1. The zero-order chi connectivity index (χ0) is 13.8. The Balaban J connectivity index is 2.29. The van der Waals surface area contributed by atoms with Gasteiger partial charge in [-0.1, -0.05) is 34.1 Å². The number of nitrogens with one attached hydrogen (secondary N) is 1. The first-order chi connectivity index (χ1) is 9.11. The summed E-state index contributed by atoms with van der Waals surface area (Å²) in [6.07, 6.45) is 0. The third-order valence-corrected chi connectivity index (χ3v) is 3.92. The first kappa shape index (κ1) is 14.1. The van der Waals surface area contributed by atoms with E-state index in [4.69, 9.17) is 0 Å². The van der Waals surface area contributed by atoms with Crippen LogP contribution in [0.3, 0.4) is 0 Å². The molecule has 0 aliphatic rings. The maximum atomic E-state index is 3.64. The molecule has 2 aromatic carbocycles. The maximum Gasteiger partial charge on any atom is 0.0419 e. The summed E-state index contributed by atoms with van der Waals surface area (Å²) in [5.74, 6) is 0. The highest BCUT2D eigenvalue weighted by Crippen LogP contribution is 2.28. The molecule has 0 amide bonds. The Bertz CT molecular complexity index is 566. The van der Waals surface area contributed by atoms with Crippen LogP contribution in [0.1, 0.15) is 11.1 Å². The molecule has 2 nitrogen and oxygen atoms in total. The molecule has 0 aliphatic heterocycles. The zero-order valence-electron chi connectivity index (χ0n) is 11.6. The Kier molecular flexibility index (Phi) is 4.61. The monoisotopic (exact) mass is 318 g/mol. The number of hydrogen-bond acceptors (Lipinski definition) is 2. The van der Waals surface area contributed by atoms with Crippen LogP contribution in [-0.4, -0.2) is 14.1 Å². The largest absolute Gasteiger partial charge is 0.345 e. The van der Waals surface area contributed by atoms with Crippen molar-refractivity contribution in [1.82, 2.24) is 5.32 Å². The third kappa shape index (κ3) is 3.37. The van der Waals surface area contributed by atoms with Gasteiger partial charge in [-0.25, -0.2) is 0 Å². The molecule has 0 saturated heterocycles. The molecule has 100 valence electrons. The molecule has 0 saturated carbocycles. The molecular weight excluding hydrogens is 300 g/mol. The number of rotatable bonds is 4. The first-order valence-corrected chi connectivity index (χ1v) is 7.14. The van der Waals surface area contributed by atoms with Crippen molar-refractivity contribution in [2.75, 3.05) is 19.0 Å². The van der Waals surface area contributed by atoms with Crippen LogP contribution in [0, 0.1) is 6.92 Å². The van der Waals surface area contributed by atoms with E-state index >= 15 is 0 Å². The van der Waals surface area contributed by atoms with E-state index in [2.05, 4.69) is 82.6 Å². The second-order valence-corrected chi connectivity index (χ2v) is 5.56. The predicted molar refractivity (Wildman–Crippen MR) is 86.1 cm³/mol. The molecule has 0 fully saturated rings. The zero-order valence-corrected chi connectivity index (χ0v) is 13.2. The van der Waals surface area contributed by atoms with Gasteiger partial charge in [-0.05, 0) is 49.4 Å². The number of hydrogen-bond donors (Lipinski definition) is 1. The Hall–Kier alpha value is -1.32. The second kappa shape index (κ2) is 6.22. The molecule has 19 heavy (non-hydrogen) atoms. The minimum absolute atomic E-state index is 0.870. The van der Waals surface area contributed by atoms with E-state index in [0.29, 0.717) is 0 Å².